The Labute approximate surface area is 52.8 Å². The van der Waals surface area contributed by atoms with Gasteiger partial charge < -0.3 is 4.40 Å². The summed E-state index contributed by atoms with van der Waals surface area (Å²) in [5.74, 6) is 0. The zero-order valence-electron chi connectivity index (χ0n) is 4.78. The molecular weight excluding hydrogens is 112 g/mol. The van der Waals surface area contributed by atoms with E-state index in [0.717, 1.165) is 5.52 Å². The van der Waals surface area contributed by atoms with Crippen LogP contribution < -0.4 is 0 Å². The molecule has 2 aromatic heterocycles. The lowest BCUT2D eigenvalue weighted by Crippen LogP contribution is -1.80. The average Bonchev–Trinajstić information content (AvgIpc) is 2.33. The lowest BCUT2D eigenvalue weighted by molar-refractivity contribution is 1.09. The van der Waals surface area contributed by atoms with E-state index >= 15 is 0 Å². The Balaban J connectivity index is 2.95. The fourth-order valence-electron chi connectivity index (χ4n) is 0.833. The van der Waals surface area contributed by atoms with Gasteiger partial charge in [0.25, 0.3) is 0 Å². The molecule has 0 aromatic carbocycles. The lowest BCUT2D eigenvalue weighted by Gasteiger charge is -1.87. The van der Waals surface area contributed by atoms with E-state index in [1.807, 2.05) is 28.8 Å². The fourth-order valence-corrected chi connectivity index (χ4v) is 0.833. The zero-order valence-corrected chi connectivity index (χ0v) is 4.78. The second-order valence-electron chi connectivity index (χ2n) is 1.86. The third kappa shape index (κ3) is 0.598. The molecule has 0 atom stereocenters. The summed E-state index contributed by atoms with van der Waals surface area (Å²) < 4.78 is 1.94. The van der Waals surface area contributed by atoms with E-state index in [4.69, 9.17) is 0 Å². The summed E-state index contributed by atoms with van der Waals surface area (Å²) >= 11 is 0. The van der Waals surface area contributed by atoms with E-state index in [1.54, 1.807) is 6.33 Å². The summed E-state index contributed by atoms with van der Waals surface area (Å²) in [5.41, 5.74) is 1.13. The molecule has 43 valence electrons. The van der Waals surface area contributed by atoms with Crippen molar-refractivity contribution < 1.29 is 0 Å². The Morgan fingerprint density at radius 3 is 3.44 bits per heavy atom. The first-order valence-corrected chi connectivity index (χ1v) is 2.75. The van der Waals surface area contributed by atoms with Crippen molar-refractivity contribution in [1.82, 2.24) is 9.38 Å². The average molecular weight is 117 g/mol. The highest BCUT2D eigenvalue weighted by molar-refractivity contribution is 5.45. The van der Waals surface area contributed by atoms with E-state index in [2.05, 4.69) is 11.2 Å². The number of fused-ring (bicyclic) bond motifs is 1. The summed E-state index contributed by atoms with van der Waals surface area (Å²) in [7, 11) is 0. The van der Waals surface area contributed by atoms with Crippen molar-refractivity contribution in [2.24, 2.45) is 0 Å². The van der Waals surface area contributed by atoms with Crippen LogP contribution in [0, 0.1) is 6.20 Å². The molecule has 2 rings (SSSR count). The Bertz CT molecular complexity index is 281. The van der Waals surface area contributed by atoms with Crippen LogP contribution in [0.15, 0.2) is 30.7 Å². The molecule has 0 spiro atoms. The minimum Gasteiger partial charge on any atom is -0.308 e. The molecule has 0 fully saturated rings. The van der Waals surface area contributed by atoms with Crippen LogP contribution in [0.5, 0.6) is 0 Å². The molecule has 2 nitrogen and oxygen atoms in total. The van der Waals surface area contributed by atoms with Crippen molar-refractivity contribution >= 4 is 5.52 Å². The summed E-state index contributed by atoms with van der Waals surface area (Å²) in [6, 6.07) is 5.84. The molecule has 2 heterocycles. The number of hydrogen-bond acceptors (Lipinski definition) is 1. The predicted molar refractivity (Wildman–Crippen MR) is 34.0 cm³/mol. The topological polar surface area (TPSA) is 17.3 Å². The van der Waals surface area contributed by atoms with Gasteiger partial charge >= 0.3 is 0 Å². The van der Waals surface area contributed by atoms with E-state index in [0.29, 0.717) is 0 Å². The van der Waals surface area contributed by atoms with E-state index in [9.17, 15) is 0 Å². The number of aromatic nitrogens is 2. The van der Waals surface area contributed by atoms with Gasteiger partial charge in [0.2, 0.25) is 0 Å². The highest BCUT2D eigenvalue weighted by atomic mass is 14.9. The maximum absolute atomic E-state index is 3.82. The maximum atomic E-state index is 3.82. The molecule has 2 aromatic rings. The molecule has 1 radical (unpaired) electrons. The molecule has 0 aliphatic heterocycles. The smallest absolute Gasteiger partial charge is 0.0998 e. The third-order valence-corrected chi connectivity index (χ3v) is 1.28. The Hall–Kier alpha value is -1.31. The van der Waals surface area contributed by atoms with Gasteiger partial charge in [-0.25, -0.2) is 4.98 Å². The van der Waals surface area contributed by atoms with Gasteiger partial charge in [-0.15, -0.1) is 0 Å². The van der Waals surface area contributed by atoms with Gasteiger partial charge in [-0.05, 0) is 18.2 Å². The van der Waals surface area contributed by atoms with Crippen molar-refractivity contribution in [2.75, 3.05) is 0 Å². The van der Waals surface area contributed by atoms with Gasteiger partial charge in [0.15, 0.2) is 0 Å². The van der Waals surface area contributed by atoms with Crippen LogP contribution in [-0.2, 0) is 0 Å². The number of hydrogen-bond donors (Lipinski definition) is 0. The highest BCUT2D eigenvalue weighted by Crippen LogP contribution is 1.98. The van der Waals surface area contributed by atoms with Gasteiger partial charge in [0.1, 0.15) is 0 Å². The van der Waals surface area contributed by atoms with Gasteiger partial charge in [0.05, 0.1) is 12.5 Å². The van der Waals surface area contributed by atoms with E-state index < -0.39 is 0 Å². The van der Waals surface area contributed by atoms with Gasteiger partial charge in [-0.1, -0.05) is 0 Å². The predicted octanol–water partition coefficient (Wildman–Crippen LogP) is 1.13. The van der Waals surface area contributed by atoms with Crippen molar-refractivity contribution in [3.05, 3.63) is 36.9 Å². The van der Waals surface area contributed by atoms with Crippen LogP contribution in [0.1, 0.15) is 0 Å². The second-order valence-corrected chi connectivity index (χ2v) is 1.86. The molecule has 0 unspecified atom stereocenters. The summed E-state index contributed by atoms with van der Waals surface area (Å²) in [4.78, 5) is 3.82. The van der Waals surface area contributed by atoms with Crippen LogP contribution in [0.25, 0.3) is 5.52 Å². The molecular formula is C7H5N2. The number of nitrogens with zero attached hydrogens (tertiary/aromatic N) is 2. The SMILES string of the molecule is [c]1cc2cccn2cn1. The van der Waals surface area contributed by atoms with E-state index in [1.165, 1.54) is 0 Å². The summed E-state index contributed by atoms with van der Waals surface area (Å²) in [6.45, 7) is 0. The summed E-state index contributed by atoms with van der Waals surface area (Å²) in [6.07, 6.45) is 6.44. The van der Waals surface area contributed by atoms with Crippen LogP contribution in [0.3, 0.4) is 0 Å². The van der Waals surface area contributed by atoms with Gasteiger partial charge in [-0.2, -0.15) is 0 Å². The van der Waals surface area contributed by atoms with Crippen LogP contribution >= 0.6 is 0 Å². The molecule has 0 N–H and O–H groups in total. The quantitative estimate of drug-likeness (QED) is 0.505. The highest BCUT2D eigenvalue weighted by Gasteiger charge is 1.85. The number of rotatable bonds is 0. The van der Waals surface area contributed by atoms with Crippen molar-refractivity contribution in [2.45, 2.75) is 0 Å². The van der Waals surface area contributed by atoms with Gasteiger partial charge in [-0.3, -0.25) is 0 Å². The van der Waals surface area contributed by atoms with Crippen molar-refractivity contribution in [3.63, 3.8) is 0 Å². The van der Waals surface area contributed by atoms with E-state index in [-0.39, 0.29) is 0 Å². The third-order valence-electron chi connectivity index (χ3n) is 1.28. The molecule has 0 bridgehead atoms. The monoisotopic (exact) mass is 117 g/mol. The zero-order chi connectivity index (χ0) is 6.10. The minimum atomic E-state index is 1.13. The Morgan fingerprint density at radius 1 is 1.56 bits per heavy atom. The molecule has 2 heteroatoms. The first-order chi connectivity index (χ1) is 4.47. The summed E-state index contributed by atoms with van der Waals surface area (Å²) in [5, 5.41) is 0. The Kier molecular flexibility index (Phi) is 0.803. The van der Waals surface area contributed by atoms with Crippen LogP contribution in [-0.4, -0.2) is 9.38 Å². The molecule has 0 saturated heterocycles. The normalized spacial score (nSPS) is 10.2. The Morgan fingerprint density at radius 2 is 2.56 bits per heavy atom. The first kappa shape index (κ1) is 4.56. The van der Waals surface area contributed by atoms with Gasteiger partial charge in [0, 0.05) is 11.7 Å². The minimum absolute atomic E-state index is 1.13. The van der Waals surface area contributed by atoms with Crippen molar-refractivity contribution in [1.29, 1.82) is 0 Å². The molecule has 0 aliphatic rings. The second kappa shape index (κ2) is 1.58. The van der Waals surface area contributed by atoms with Crippen LogP contribution in [0.2, 0.25) is 0 Å². The standard InChI is InChI=1S/C7H5N2/c1-2-7-3-4-8-6-9(7)5-1/h1-3,5-6H. The molecule has 0 amide bonds. The first-order valence-electron chi connectivity index (χ1n) is 2.75. The largest absolute Gasteiger partial charge is 0.308 e. The lowest BCUT2D eigenvalue weighted by atomic mass is 10.5. The molecule has 9 heavy (non-hydrogen) atoms. The van der Waals surface area contributed by atoms with Crippen LogP contribution in [0.4, 0.5) is 0 Å². The molecule has 0 aliphatic carbocycles. The molecule has 0 saturated carbocycles. The van der Waals surface area contributed by atoms with Crippen molar-refractivity contribution in [3.8, 4) is 0 Å². The fraction of sp³-hybridized carbons (Fsp3) is 0. The maximum Gasteiger partial charge on any atom is 0.0998 e.